The van der Waals surface area contributed by atoms with Crippen molar-refractivity contribution >= 4 is 17.7 Å². The van der Waals surface area contributed by atoms with Gasteiger partial charge in [0, 0.05) is 6.54 Å². The first-order valence-electron chi connectivity index (χ1n) is 4.36. The first-order valence-corrected chi connectivity index (χ1v) is 4.84. The number of benzene rings is 1. The fraction of sp³-hybridized carbons (Fsp3) is 0.300. The first-order chi connectivity index (χ1) is 7.04. The van der Waals surface area contributed by atoms with Crippen molar-refractivity contribution in [2.45, 2.75) is 12.7 Å². The molecule has 0 radical (unpaired) electrons. The summed E-state index contributed by atoms with van der Waals surface area (Å²) in [6.07, 6.45) is -4.05. The topological polar surface area (TPSA) is 3.24 Å². The monoisotopic (exact) mass is 233 g/mol. The molecule has 0 N–H and O–H groups in total. The predicted octanol–water partition coefficient (Wildman–Crippen LogP) is 3.01. The third-order valence-electron chi connectivity index (χ3n) is 1.94. The van der Waals surface area contributed by atoms with Crippen molar-refractivity contribution in [3.63, 3.8) is 0 Å². The molecule has 82 valence electrons. The number of hydrogen-bond donors (Lipinski definition) is 0. The summed E-state index contributed by atoms with van der Waals surface area (Å²) in [5, 5.41) is 0. The third-order valence-corrected chi connectivity index (χ3v) is 2.19. The van der Waals surface area contributed by atoms with Crippen LogP contribution in [0.4, 0.5) is 13.2 Å². The Labute approximate surface area is 91.5 Å². The fourth-order valence-corrected chi connectivity index (χ4v) is 1.36. The molecule has 0 aliphatic carbocycles. The second-order valence-electron chi connectivity index (χ2n) is 3.00. The molecule has 0 aliphatic heterocycles. The molecule has 0 fully saturated rings. The molecule has 0 unspecified atom stereocenters. The summed E-state index contributed by atoms with van der Waals surface area (Å²) < 4.78 is 36.8. The Morgan fingerprint density at radius 1 is 1.20 bits per heavy atom. The Bertz CT molecular complexity index is 310. The van der Waals surface area contributed by atoms with Crippen molar-refractivity contribution in [2.24, 2.45) is 0 Å². The minimum absolute atomic E-state index is 0.142. The lowest BCUT2D eigenvalue weighted by Gasteiger charge is -2.21. The lowest BCUT2D eigenvalue weighted by Crippen LogP contribution is -2.37. The van der Waals surface area contributed by atoms with E-state index in [0.717, 1.165) is 5.56 Å². The molecule has 0 aliphatic rings. The van der Waals surface area contributed by atoms with Crippen LogP contribution in [0.15, 0.2) is 30.3 Å². The van der Waals surface area contributed by atoms with Crippen LogP contribution in [0.5, 0.6) is 0 Å². The van der Waals surface area contributed by atoms with Gasteiger partial charge in [-0.3, -0.25) is 4.90 Å². The molecule has 0 saturated heterocycles. The molecule has 0 atom stereocenters. The summed E-state index contributed by atoms with van der Waals surface area (Å²) in [6.45, 7) is -0.142. The zero-order chi connectivity index (χ0) is 11.3. The number of thiocarbonyl (C=S) groups is 1. The highest BCUT2D eigenvalue weighted by atomic mass is 32.1. The van der Waals surface area contributed by atoms with Crippen LogP contribution in [-0.4, -0.2) is 23.2 Å². The van der Waals surface area contributed by atoms with E-state index in [0.29, 0.717) is 11.9 Å². The maximum Gasteiger partial charge on any atom is 0.485 e. The lowest BCUT2D eigenvalue weighted by molar-refractivity contribution is -0.214. The lowest BCUT2D eigenvalue weighted by atomic mass is 10.1. The Kier molecular flexibility index (Phi) is 4.08. The maximum atomic E-state index is 12.3. The van der Waals surface area contributed by atoms with Crippen LogP contribution in [-0.2, 0) is 6.42 Å². The van der Waals surface area contributed by atoms with Crippen LogP contribution in [0.25, 0.3) is 0 Å². The van der Waals surface area contributed by atoms with Gasteiger partial charge in [0.25, 0.3) is 0 Å². The van der Waals surface area contributed by atoms with Gasteiger partial charge in [0.15, 0.2) is 0 Å². The van der Waals surface area contributed by atoms with Gasteiger partial charge in [-0.05, 0) is 12.0 Å². The van der Waals surface area contributed by atoms with Gasteiger partial charge in [0.2, 0.25) is 0 Å². The van der Waals surface area contributed by atoms with Gasteiger partial charge >= 0.3 is 6.30 Å². The van der Waals surface area contributed by atoms with Crippen LogP contribution in [0.1, 0.15) is 5.56 Å². The molecular weight excluding hydrogens is 223 g/mol. The molecule has 0 bridgehead atoms. The molecule has 1 aromatic rings. The fourth-order valence-electron chi connectivity index (χ4n) is 1.13. The molecule has 5 heteroatoms. The van der Waals surface area contributed by atoms with Crippen molar-refractivity contribution in [1.29, 1.82) is 0 Å². The average molecular weight is 233 g/mol. The smallest absolute Gasteiger partial charge is 0.280 e. The van der Waals surface area contributed by atoms with Crippen LogP contribution >= 0.6 is 12.2 Å². The predicted molar refractivity (Wildman–Crippen MR) is 56.6 cm³/mol. The second kappa shape index (κ2) is 5.11. The molecule has 1 aromatic carbocycles. The number of hydrogen-bond acceptors (Lipinski definition) is 1. The van der Waals surface area contributed by atoms with Gasteiger partial charge < -0.3 is 0 Å². The van der Waals surface area contributed by atoms with Gasteiger partial charge in [0.05, 0.1) is 5.49 Å². The van der Waals surface area contributed by atoms with E-state index in [1.165, 1.54) is 0 Å². The van der Waals surface area contributed by atoms with E-state index in [-0.39, 0.29) is 11.4 Å². The molecule has 0 saturated carbocycles. The zero-order valence-electron chi connectivity index (χ0n) is 7.87. The molecular formula is C10H10F3NS. The van der Waals surface area contributed by atoms with E-state index in [4.69, 9.17) is 0 Å². The number of rotatable bonds is 4. The van der Waals surface area contributed by atoms with E-state index in [1.54, 1.807) is 24.3 Å². The van der Waals surface area contributed by atoms with Crippen molar-refractivity contribution in [3.8, 4) is 0 Å². The Hall–Kier alpha value is -1.10. The van der Waals surface area contributed by atoms with Crippen molar-refractivity contribution in [1.82, 2.24) is 4.90 Å². The van der Waals surface area contributed by atoms with Crippen LogP contribution in [0.3, 0.4) is 0 Å². The van der Waals surface area contributed by atoms with Gasteiger partial charge in [-0.25, -0.2) is 0 Å². The maximum absolute atomic E-state index is 12.3. The normalized spacial score (nSPS) is 11.1. The van der Waals surface area contributed by atoms with Gasteiger partial charge in [-0.2, -0.15) is 13.2 Å². The van der Waals surface area contributed by atoms with Crippen LogP contribution in [0.2, 0.25) is 0 Å². The highest BCUT2D eigenvalue weighted by Crippen LogP contribution is 2.19. The largest absolute Gasteiger partial charge is 0.485 e. The molecule has 0 amide bonds. The van der Waals surface area contributed by atoms with E-state index < -0.39 is 6.30 Å². The Morgan fingerprint density at radius 2 is 1.80 bits per heavy atom. The van der Waals surface area contributed by atoms with Gasteiger partial charge in [-0.15, -0.1) is 0 Å². The number of nitrogens with zero attached hydrogens (tertiary/aromatic N) is 1. The molecule has 1 rings (SSSR count). The Morgan fingerprint density at radius 3 is 2.27 bits per heavy atom. The molecule has 15 heavy (non-hydrogen) atoms. The van der Waals surface area contributed by atoms with Crippen molar-refractivity contribution < 1.29 is 13.2 Å². The molecule has 0 heterocycles. The molecule has 0 spiro atoms. The highest BCUT2D eigenvalue weighted by molar-refractivity contribution is 7.78. The van der Waals surface area contributed by atoms with Gasteiger partial charge in [0.1, 0.15) is 0 Å². The highest BCUT2D eigenvalue weighted by Gasteiger charge is 2.34. The molecule has 1 nitrogen and oxygen atoms in total. The summed E-state index contributed by atoms with van der Waals surface area (Å²) >= 11 is 4.32. The van der Waals surface area contributed by atoms with Gasteiger partial charge in [-0.1, -0.05) is 42.5 Å². The van der Waals surface area contributed by atoms with E-state index in [1.807, 2.05) is 6.07 Å². The minimum atomic E-state index is -4.38. The zero-order valence-corrected chi connectivity index (χ0v) is 8.68. The summed E-state index contributed by atoms with van der Waals surface area (Å²) in [6, 6.07) is 9.00. The third kappa shape index (κ3) is 3.87. The first kappa shape index (κ1) is 12.0. The minimum Gasteiger partial charge on any atom is -0.280 e. The van der Waals surface area contributed by atoms with Crippen LogP contribution < -0.4 is 0 Å². The summed E-state index contributed by atoms with van der Waals surface area (Å²) in [5.41, 5.74) is 1.51. The summed E-state index contributed by atoms with van der Waals surface area (Å²) in [7, 11) is 0. The SMILES string of the molecule is FC(F)(F)N(C=S)CCc1ccccc1. The van der Waals surface area contributed by atoms with E-state index in [9.17, 15) is 13.2 Å². The second-order valence-corrected chi connectivity index (χ2v) is 3.21. The molecule has 0 aromatic heterocycles. The summed E-state index contributed by atoms with van der Waals surface area (Å²) in [4.78, 5) is 0.204. The van der Waals surface area contributed by atoms with E-state index in [2.05, 4.69) is 12.2 Å². The van der Waals surface area contributed by atoms with Crippen LogP contribution in [0, 0.1) is 0 Å². The summed E-state index contributed by atoms with van der Waals surface area (Å²) in [5.74, 6) is 0. The van der Waals surface area contributed by atoms with Crippen molar-refractivity contribution in [3.05, 3.63) is 35.9 Å². The number of halogens is 3. The standard InChI is InChI=1S/C10H10F3NS/c11-10(12,13)14(8-15)7-6-9-4-2-1-3-5-9/h1-5,8H,6-7H2. The van der Waals surface area contributed by atoms with E-state index >= 15 is 0 Å². The quantitative estimate of drug-likeness (QED) is 0.581. The van der Waals surface area contributed by atoms with Crippen molar-refractivity contribution in [2.75, 3.05) is 6.54 Å². The number of alkyl halides is 3. The Balaban J connectivity index is 2.52. The average Bonchev–Trinajstić information content (AvgIpc) is 2.18.